The van der Waals surface area contributed by atoms with Crippen molar-refractivity contribution in [1.29, 1.82) is 0 Å². The van der Waals surface area contributed by atoms with E-state index in [9.17, 15) is 14.4 Å². The van der Waals surface area contributed by atoms with Gasteiger partial charge in [0.05, 0.1) is 12.8 Å². The van der Waals surface area contributed by atoms with Crippen LogP contribution in [0.3, 0.4) is 0 Å². The molecule has 3 amide bonds. The summed E-state index contributed by atoms with van der Waals surface area (Å²) in [4.78, 5) is 50.9. The zero-order chi connectivity index (χ0) is 25.2. The first-order valence-corrected chi connectivity index (χ1v) is 11.4. The first-order chi connectivity index (χ1) is 16.0. The van der Waals surface area contributed by atoms with Crippen LogP contribution >= 0.6 is 0 Å². The molecule has 0 spiro atoms. The first-order valence-electron chi connectivity index (χ1n) is 11.4. The van der Waals surface area contributed by atoms with E-state index >= 15 is 0 Å². The highest BCUT2D eigenvalue weighted by Crippen LogP contribution is 2.24. The second-order valence-electron chi connectivity index (χ2n) is 9.05. The lowest BCUT2D eigenvalue weighted by Crippen LogP contribution is -2.56. The van der Waals surface area contributed by atoms with Crippen molar-refractivity contribution in [2.75, 3.05) is 32.1 Å². The average Bonchev–Trinajstić information content (AvgIpc) is 2.79. The van der Waals surface area contributed by atoms with Crippen LogP contribution in [-0.2, 0) is 4.74 Å². The number of benzene rings is 1. The van der Waals surface area contributed by atoms with Crippen molar-refractivity contribution >= 4 is 23.6 Å². The maximum absolute atomic E-state index is 13.5. The van der Waals surface area contributed by atoms with Gasteiger partial charge in [-0.15, -0.1) is 0 Å². The largest absolute Gasteiger partial charge is 0.465 e. The number of carbonyl (C=O) groups is 3. The molecule has 182 valence electrons. The molecule has 0 bridgehead atoms. The lowest BCUT2D eigenvalue weighted by atomic mass is 10.0. The number of aryl methyl sites for hydroxylation is 3. The van der Waals surface area contributed by atoms with E-state index in [1.54, 1.807) is 16.7 Å². The number of nitrogens with one attached hydrogen (secondary N) is 1. The van der Waals surface area contributed by atoms with E-state index < -0.39 is 5.97 Å². The number of hydrogen-bond donors (Lipinski definition) is 1. The van der Waals surface area contributed by atoms with Gasteiger partial charge < -0.3 is 19.9 Å². The highest BCUT2D eigenvalue weighted by molar-refractivity contribution is 6.04. The van der Waals surface area contributed by atoms with Crippen LogP contribution in [0.5, 0.6) is 0 Å². The molecule has 9 heteroatoms. The average molecular weight is 468 g/mol. The molecule has 1 N–H and O–H groups in total. The maximum atomic E-state index is 13.5. The molecule has 1 atom stereocenters. The summed E-state index contributed by atoms with van der Waals surface area (Å²) >= 11 is 0. The molecule has 1 fully saturated rings. The summed E-state index contributed by atoms with van der Waals surface area (Å²) in [6, 6.07) is 5.36. The summed E-state index contributed by atoms with van der Waals surface area (Å²) in [5, 5.41) is 2.95. The maximum Gasteiger partial charge on any atom is 0.342 e. The Morgan fingerprint density at radius 1 is 1.09 bits per heavy atom. The van der Waals surface area contributed by atoms with Gasteiger partial charge in [-0.1, -0.05) is 19.9 Å². The molecule has 2 aromatic rings. The Bertz CT molecular complexity index is 1110. The van der Waals surface area contributed by atoms with Gasteiger partial charge in [0.2, 0.25) is 0 Å². The van der Waals surface area contributed by atoms with Gasteiger partial charge in [0.15, 0.2) is 0 Å². The molecule has 0 saturated carbocycles. The van der Waals surface area contributed by atoms with Gasteiger partial charge in [-0.25, -0.2) is 19.6 Å². The van der Waals surface area contributed by atoms with E-state index in [1.807, 2.05) is 52.8 Å². The molecular weight excluding hydrogens is 434 g/mol. The molecule has 1 unspecified atom stereocenters. The number of esters is 1. The molecule has 1 aliphatic heterocycles. The molecule has 3 rings (SSSR count). The van der Waals surface area contributed by atoms with Crippen LogP contribution in [0.25, 0.3) is 0 Å². The fourth-order valence-corrected chi connectivity index (χ4v) is 4.08. The minimum absolute atomic E-state index is 0.0447. The second kappa shape index (κ2) is 10.2. The molecule has 1 aromatic heterocycles. The van der Waals surface area contributed by atoms with E-state index in [2.05, 4.69) is 15.3 Å². The van der Waals surface area contributed by atoms with E-state index in [1.165, 1.54) is 7.11 Å². The number of methoxy groups -OCH3 is 1. The molecule has 1 aliphatic rings. The molecule has 2 heterocycles. The first kappa shape index (κ1) is 25.1. The number of hydrogen-bond acceptors (Lipinski definition) is 6. The number of nitrogens with zero attached hydrogens (tertiary/aromatic N) is 4. The molecular formula is C25H33N5O4. The Kier molecular flexibility index (Phi) is 7.54. The normalized spacial score (nSPS) is 15.9. The smallest absolute Gasteiger partial charge is 0.342 e. The van der Waals surface area contributed by atoms with Gasteiger partial charge >= 0.3 is 12.0 Å². The highest BCUT2D eigenvalue weighted by Gasteiger charge is 2.34. The third-order valence-electron chi connectivity index (χ3n) is 6.12. The van der Waals surface area contributed by atoms with Gasteiger partial charge in [0, 0.05) is 31.4 Å². The Morgan fingerprint density at radius 2 is 1.79 bits per heavy atom. The van der Waals surface area contributed by atoms with Crippen molar-refractivity contribution in [2.24, 2.45) is 0 Å². The number of amides is 3. The summed E-state index contributed by atoms with van der Waals surface area (Å²) < 4.78 is 4.94. The summed E-state index contributed by atoms with van der Waals surface area (Å²) in [7, 11) is 1.27. The minimum Gasteiger partial charge on any atom is -0.465 e. The van der Waals surface area contributed by atoms with Crippen molar-refractivity contribution in [3.8, 4) is 0 Å². The zero-order valence-electron chi connectivity index (χ0n) is 20.9. The number of urea groups is 1. The van der Waals surface area contributed by atoms with Crippen LogP contribution in [0.1, 0.15) is 70.2 Å². The summed E-state index contributed by atoms with van der Waals surface area (Å²) in [5.74, 6) is -0.674. The monoisotopic (exact) mass is 467 g/mol. The molecule has 1 aromatic carbocycles. The Labute approximate surface area is 200 Å². The van der Waals surface area contributed by atoms with Gasteiger partial charge in [0.25, 0.3) is 5.91 Å². The zero-order valence-corrected chi connectivity index (χ0v) is 20.9. The van der Waals surface area contributed by atoms with Crippen LogP contribution in [-0.4, -0.2) is 70.5 Å². The van der Waals surface area contributed by atoms with Gasteiger partial charge in [0.1, 0.15) is 17.1 Å². The summed E-state index contributed by atoms with van der Waals surface area (Å²) in [6.45, 7) is 12.4. The van der Waals surface area contributed by atoms with Gasteiger partial charge in [-0.2, -0.15) is 0 Å². The van der Waals surface area contributed by atoms with Gasteiger partial charge in [-0.05, 0) is 56.9 Å². The minimum atomic E-state index is -0.633. The lowest BCUT2D eigenvalue weighted by Gasteiger charge is -2.39. The van der Waals surface area contributed by atoms with Crippen molar-refractivity contribution < 1.29 is 19.1 Å². The topological polar surface area (TPSA) is 105 Å². The predicted molar refractivity (Wildman–Crippen MR) is 129 cm³/mol. The number of anilines is 1. The summed E-state index contributed by atoms with van der Waals surface area (Å²) in [6.07, 6.45) is 0. The fraction of sp³-hybridized carbons (Fsp3) is 0.480. The Hall–Kier alpha value is -3.49. The van der Waals surface area contributed by atoms with Crippen LogP contribution in [0.2, 0.25) is 0 Å². The van der Waals surface area contributed by atoms with Gasteiger partial charge in [-0.3, -0.25) is 4.79 Å². The predicted octanol–water partition coefficient (Wildman–Crippen LogP) is 3.69. The fourth-order valence-electron chi connectivity index (χ4n) is 4.08. The number of carbonyl (C=O) groups excluding carboxylic acids is 3. The number of ether oxygens (including phenoxy) is 1. The van der Waals surface area contributed by atoms with Crippen molar-refractivity contribution in [2.45, 2.75) is 53.5 Å². The molecule has 1 saturated heterocycles. The van der Waals surface area contributed by atoms with Crippen LogP contribution in [0.4, 0.5) is 10.5 Å². The van der Waals surface area contributed by atoms with E-state index in [4.69, 9.17) is 4.74 Å². The Morgan fingerprint density at radius 3 is 2.38 bits per heavy atom. The second-order valence-corrected chi connectivity index (χ2v) is 9.05. The van der Waals surface area contributed by atoms with E-state index in [-0.39, 0.29) is 35.2 Å². The van der Waals surface area contributed by atoms with Crippen molar-refractivity contribution in [1.82, 2.24) is 19.8 Å². The summed E-state index contributed by atoms with van der Waals surface area (Å²) in [5.41, 5.74) is 3.63. The van der Waals surface area contributed by atoms with Crippen molar-refractivity contribution in [3.63, 3.8) is 0 Å². The highest BCUT2D eigenvalue weighted by atomic mass is 16.5. The van der Waals surface area contributed by atoms with Crippen LogP contribution in [0, 0.1) is 20.8 Å². The third-order valence-corrected chi connectivity index (χ3v) is 6.12. The molecule has 0 aliphatic carbocycles. The number of rotatable bonds is 4. The van der Waals surface area contributed by atoms with Crippen molar-refractivity contribution in [3.05, 3.63) is 52.1 Å². The SMILES string of the molecule is COC(=O)c1c(C(=O)N2CCN(C(=O)Nc3ccc(C)c(C)c3)C(C)C2)nc(C)nc1C(C)C. The molecule has 34 heavy (non-hydrogen) atoms. The number of piperazine rings is 1. The molecule has 0 radical (unpaired) electrons. The van der Waals surface area contributed by atoms with Crippen LogP contribution < -0.4 is 5.32 Å². The van der Waals surface area contributed by atoms with Crippen LogP contribution in [0.15, 0.2) is 18.2 Å². The quantitative estimate of drug-likeness (QED) is 0.688. The van der Waals surface area contributed by atoms with E-state index in [0.29, 0.717) is 31.2 Å². The van der Waals surface area contributed by atoms with E-state index in [0.717, 1.165) is 16.8 Å². The third kappa shape index (κ3) is 5.18. The number of aromatic nitrogens is 2. The Balaban J connectivity index is 1.79. The standard InChI is InChI=1S/C25H33N5O4/c1-14(2)21-20(24(32)34-7)22(27-18(6)26-21)23(31)29-10-11-30(17(5)13-29)25(33)28-19-9-8-15(3)16(4)12-19/h8-9,12,14,17H,10-11,13H2,1-7H3,(H,28,33). The molecule has 9 nitrogen and oxygen atoms in total. The lowest BCUT2D eigenvalue weighted by molar-refractivity contribution is 0.0550.